The molecule has 1 aliphatic heterocycles. The average molecular weight is 488 g/mol. The Morgan fingerprint density at radius 1 is 1.24 bits per heavy atom. The van der Waals surface area contributed by atoms with Gasteiger partial charge in [-0.15, -0.1) is 10.2 Å². The van der Waals surface area contributed by atoms with Crippen LogP contribution in [0.1, 0.15) is 38.1 Å². The van der Waals surface area contributed by atoms with E-state index in [0.29, 0.717) is 23.8 Å². The Bertz CT molecular complexity index is 1250. The first-order chi connectivity index (χ1) is 15.8. The van der Waals surface area contributed by atoms with E-state index in [1.165, 1.54) is 16.4 Å². The number of benzene rings is 2. The molecular formula is C23H29N5O3S2. The summed E-state index contributed by atoms with van der Waals surface area (Å²) in [5, 5.41) is 11.2. The van der Waals surface area contributed by atoms with E-state index >= 15 is 0 Å². The van der Waals surface area contributed by atoms with Crippen molar-refractivity contribution in [3.63, 3.8) is 0 Å². The summed E-state index contributed by atoms with van der Waals surface area (Å²) in [5.41, 5.74) is 1.10. The number of nitrogens with two attached hydrogens (primary N) is 1. The lowest BCUT2D eigenvalue weighted by atomic mass is 10.0. The van der Waals surface area contributed by atoms with Crippen molar-refractivity contribution in [2.45, 2.75) is 50.4 Å². The first-order valence-electron chi connectivity index (χ1n) is 11.1. The van der Waals surface area contributed by atoms with Crippen molar-refractivity contribution in [1.82, 2.24) is 19.8 Å². The van der Waals surface area contributed by atoms with Gasteiger partial charge in [-0.25, -0.2) is 13.1 Å². The fourth-order valence-electron chi connectivity index (χ4n) is 4.34. The number of rotatable bonds is 8. The molecule has 1 saturated heterocycles. The van der Waals surface area contributed by atoms with Gasteiger partial charge in [0.15, 0.2) is 15.7 Å². The van der Waals surface area contributed by atoms with Gasteiger partial charge in [0.05, 0.1) is 17.3 Å². The first-order valence-corrected chi connectivity index (χ1v) is 13.9. The molecule has 3 aromatic rings. The summed E-state index contributed by atoms with van der Waals surface area (Å²) >= 11 is 1.23. The SMILES string of the molecule is CC[C@H](C)N(C(=O)CSc1nnc(Cc2cccc3ccccc23)n1N)[C@@H]1CCS(=O)(=O)C1. The van der Waals surface area contributed by atoms with Crippen LogP contribution >= 0.6 is 11.8 Å². The molecule has 0 radical (unpaired) electrons. The standard InChI is InChI=1S/C23H29N5O3S2/c1-3-16(2)27(19-11-12-33(30,31)15-19)22(29)14-32-23-26-25-21(28(23)24)13-18-9-6-8-17-7-4-5-10-20(17)18/h4-10,16,19H,3,11-15,24H2,1-2H3/t16-,19+/m0/s1. The molecule has 0 unspecified atom stereocenters. The number of amides is 1. The molecule has 0 bridgehead atoms. The number of sulfone groups is 1. The normalized spacial score (nSPS) is 18.4. The second-order valence-electron chi connectivity index (χ2n) is 8.49. The maximum absolute atomic E-state index is 13.1. The third-order valence-corrected chi connectivity index (χ3v) is 8.92. The zero-order valence-corrected chi connectivity index (χ0v) is 20.5. The summed E-state index contributed by atoms with van der Waals surface area (Å²) < 4.78 is 25.4. The minimum absolute atomic E-state index is 0.0333. The van der Waals surface area contributed by atoms with Crippen LogP contribution in [0.15, 0.2) is 47.6 Å². The van der Waals surface area contributed by atoms with E-state index < -0.39 is 9.84 Å². The molecule has 2 aromatic carbocycles. The maximum Gasteiger partial charge on any atom is 0.233 e. The molecule has 2 heterocycles. The summed E-state index contributed by atoms with van der Waals surface area (Å²) in [6, 6.07) is 14.0. The van der Waals surface area contributed by atoms with Gasteiger partial charge >= 0.3 is 0 Å². The summed E-state index contributed by atoms with van der Waals surface area (Å²) in [4.78, 5) is 14.8. The van der Waals surface area contributed by atoms with Gasteiger partial charge < -0.3 is 10.7 Å². The van der Waals surface area contributed by atoms with Gasteiger partial charge in [-0.05, 0) is 36.1 Å². The van der Waals surface area contributed by atoms with Crippen LogP contribution in [0.2, 0.25) is 0 Å². The Balaban J connectivity index is 1.46. The number of carbonyl (C=O) groups excluding carboxylic acids is 1. The van der Waals surface area contributed by atoms with Crippen molar-refractivity contribution in [2.75, 3.05) is 23.1 Å². The molecule has 2 N–H and O–H groups in total. The third kappa shape index (κ3) is 5.16. The lowest BCUT2D eigenvalue weighted by molar-refractivity contribution is -0.132. The minimum atomic E-state index is -3.08. The molecule has 0 aliphatic carbocycles. The summed E-state index contributed by atoms with van der Waals surface area (Å²) in [7, 11) is -3.08. The van der Waals surface area contributed by atoms with E-state index in [2.05, 4.69) is 28.4 Å². The minimum Gasteiger partial charge on any atom is -0.336 e. The summed E-state index contributed by atoms with van der Waals surface area (Å²) in [6.07, 6.45) is 1.78. The van der Waals surface area contributed by atoms with Gasteiger partial charge in [-0.2, -0.15) is 0 Å². The molecule has 1 aliphatic rings. The van der Waals surface area contributed by atoms with Gasteiger partial charge in [-0.3, -0.25) is 4.79 Å². The lowest BCUT2D eigenvalue weighted by Crippen LogP contribution is -2.47. The van der Waals surface area contributed by atoms with Crippen LogP contribution in [-0.4, -0.2) is 63.4 Å². The Labute approximate surface area is 198 Å². The van der Waals surface area contributed by atoms with E-state index in [4.69, 9.17) is 5.84 Å². The predicted molar refractivity (Wildman–Crippen MR) is 131 cm³/mol. The van der Waals surface area contributed by atoms with Gasteiger partial charge in [0, 0.05) is 18.5 Å². The zero-order chi connectivity index (χ0) is 23.6. The molecule has 0 spiro atoms. The van der Waals surface area contributed by atoms with Crippen molar-refractivity contribution in [2.24, 2.45) is 0 Å². The van der Waals surface area contributed by atoms with Crippen LogP contribution in [0.3, 0.4) is 0 Å². The molecule has 176 valence electrons. The second kappa shape index (κ2) is 9.72. The average Bonchev–Trinajstić information content (AvgIpc) is 3.33. The Hall–Kier alpha value is -2.59. The molecule has 8 nitrogen and oxygen atoms in total. The topological polar surface area (TPSA) is 111 Å². The molecule has 2 atom stereocenters. The Kier molecular flexibility index (Phi) is 6.94. The Morgan fingerprint density at radius 3 is 2.73 bits per heavy atom. The molecular weight excluding hydrogens is 458 g/mol. The van der Waals surface area contributed by atoms with Crippen molar-refractivity contribution < 1.29 is 13.2 Å². The van der Waals surface area contributed by atoms with Gasteiger partial charge in [0.2, 0.25) is 11.1 Å². The van der Waals surface area contributed by atoms with Crippen LogP contribution in [-0.2, 0) is 21.1 Å². The molecule has 0 saturated carbocycles. The fraction of sp³-hybridized carbons (Fsp3) is 0.435. The van der Waals surface area contributed by atoms with E-state index in [0.717, 1.165) is 22.8 Å². The first kappa shape index (κ1) is 23.6. The highest BCUT2D eigenvalue weighted by Crippen LogP contribution is 2.25. The highest BCUT2D eigenvalue weighted by atomic mass is 32.2. The number of hydrogen-bond donors (Lipinski definition) is 1. The summed E-state index contributed by atoms with van der Waals surface area (Å²) in [5.74, 6) is 7.08. The number of nitrogen functional groups attached to an aromatic ring is 1. The van der Waals surface area contributed by atoms with E-state index in [9.17, 15) is 13.2 Å². The molecule has 33 heavy (non-hydrogen) atoms. The van der Waals surface area contributed by atoms with Gasteiger partial charge in [0.25, 0.3) is 0 Å². The third-order valence-electron chi connectivity index (χ3n) is 6.24. The fourth-order valence-corrected chi connectivity index (χ4v) is 6.80. The van der Waals surface area contributed by atoms with Crippen LogP contribution in [0.25, 0.3) is 10.8 Å². The zero-order valence-electron chi connectivity index (χ0n) is 18.8. The van der Waals surface area contributed by atoms with Gasteiger partial charge in [0.1, 0.15) is 0 Å². The maximum atomic E-state index is 13.1. The number of fused-ring (bicyclic) bond motifs is 1. The van der Waals surface area contributed by atoms with Crippen molar-refractivity contribution in [1.29, 1.82) is 0 Å². The van der Waals surface area contributed by atoms with Crippen molar-refractivity contribution in [3.8, 4) is 0 Å². The van der Waals surface area contributed by atoms with Gasteiger partial charge in [-0.1, -0.05) is 61.2 Å². The molecule has 10 heteroatoms. The summed E-state index contributed by atoms with van der Waals surface area (Å²) in [6.45, 7) is 3.96. The molecule has 4 rings (SSSR count). The molecule has 1 fully saturated rings. The number of hydrogen-bond acceptors (Lipinski definition) is 7. The van der Waals surface area contributed by atoms with E-state index in [1.807, 2.05) is 38.1 Å². The highest BCUT2D eigenvalue weighted by molar-refractivity contribution is 7.99. The molecule has 1 aromatic heterocycles. The largest absolute Gasteiger partial charge is 0.336 e. The van der Waals surface area contributed by atoms with Crippen LogP contribution in [0.5, 0.6) is 0 Å². The van der Waals surface area contributed by atoms with Crippen LogP contribution < -0.4 is 5.84 Å². The highest BCUT2D eigenvalue weighted by Gasteiger charge is 2.36. The van der Waals surface area contributed by atoms with Crippen LogP contribution in [0, 0.1) is 0 Å². The van der Waals surface area contributed by atoms with E-state index in [1.54, 1.807) is 4.90 Å². The van der Waals surface area contributed by atoms with Crippen molar-refractivity contribution in [3.05, 3.63) is 53.9 Å². The number of carbonyl (C=O) groups is 1. The predicted octanol–water partition coefficient (Wildman–Crippen LogP) is 2.64. The Morgan fingerprint density at radius 2 is 2.00 bits per heavy atom. The number of thioether (sulfide) groups is 1. The molecule has 1 amide bonds. The number of nitrogens with zero attached hydrogens (tertiary/aromatic N) is 4. The second-order valence-corrected chi connectivity index (χ2v) is 11.7. The monoisotopic (exact) mass is 487 g/mol. The lowest BCUT2D eigenvalue weighted by Gasteiger charge is -2.33. The van der Waals surface area contributed by atoms with Crippen LogP contribution in [0.4, 0.5) is 0 Å². The number of aromatic nitrogens is 3. The quantitative estimate of drug-likeness (QED) is 0.384. The van der Waals surface area contributed by atoms with Crippen molar-refractivity contribution >= 4 is 38.3 Å². The smallest absolute Gasteiger partial charge is 0.233 e. The van der Waals surface area contributed by atoms with E-state index in [-0.39, 0.29) is 35.2 Å².